The zero-order chi connectivity index (χ0) is 17.9. The second-order valence-electron chi connectivity index (χ2n) is 8.13. The lowest BCUT2D eigenvalue weighted by atomic mass is 9.79. The predicted octanol–water partition coefficient (Wildman–Crippen LogP) is 2.79. The second kappa shape index (κ2) is 6.89. The van der Waals surface area contributed by atoms with E-state index in [2.05, 4.69) is 34.6 Å². The molecule has 1 aliphatic rings. The molecule has 1 fully saturated rings. The number of carboxylic acids is 1. The summed E-state index contributed by atoms with van der Waals surface area (Å²) in [5, 5.41) is 8.47. The first-order valence-corrected chi connectivity index (χ1v) is 7.94. The van der Waals surface area contributed by atoms with Gasteiger partial charge in [-0.3, -0.25) is 14.4 Å². The molecule has 0 saturated heterocycles. The molecule has 1 rings (SSSR count). The van der Waals surface area contributed by atoms with Gasteiger partial charge in [-0.25, -0.2) is 0 Å². The van der Waals surface area contributed by atoms with E-state index in [0.29, 0.717) is 0 Å². The van der Waals surface area contributed by atoms with Crippen molar-refractivity contribution in [2.45, 2.75) is 60.3 Å². The van der Waals surface area contributed by atoms with Crippen molar-refractivity contribution in [3.05, 3.63) is 0 Å². The second-order valence-corrected chi connectivity index (χ2v) is 8.13. The van der Waals surface area contributed by atoms with Crippen LogP contribution in [0, 0.1) is 16.2 Å². The quantitative estimate of drug-likeness (QED) is 0.544. The molecule has 1 saturated carbocycles. The number of hydrogen-bond donors (Lipinski definition) is 1. The molecule has 0 heterocycles. The normalized spacial score (nSPS) is 22.3. The Hall–Kier alpha value is -1.59. The highest BCUT2D eigenvalue weighted by molar-refractivity contribution is 5.82. The summed E-state index contributed by atoms with van der Waals surface area (Å²) in [4.78, 5) is 34.0. The van der Waals surface area contributed by atoms with Crippen LogP contribution in [0.2, 0.25) is 0 Å². The fraction of sp³-hybridized carbons (Fsp3) is 0.824. The van der Waals surface area contributed by atoms with E-state index in [9.17, 15) is 14.4 Å². The van der Waals surface area contributed by atoms with Crippen molar-refractivity contribution in [2.24, 2.45) is 16.2 Å². The van der Waals surface area contributed by atoms with E-state index in [1.807, 2.05) is 0 Å². The van der Waals surface area contributed by atoms with E-state index in [4.69, 9.17) is 14.6 Å². The zero-order valence-corrected chi connectivity index (χ0v) is 14.7. The van der Waals surface area contributed by atoms with Crippen LogP contribution in [0.4, 0.5) is 0 Å². The highest BCUT2D eigenvalue weighted by Gasteiger charge is 2.67. The molecule has 1 atom stereocenters. The molecule has 1 aliphatic carbocycles. The van der Waals surface area contributed by atoms with E-state index >= 15 is 0 Å². The van der Waals surface area contributed by atoms with Crippen molar-refractivity contribution >= 4 is 17.9 Å². The Morgan fingerprint density at radius 2 is 1.57 bits per heavy atom. The van der Waals surface area contributed by atoms with Crippen molar-refractivity contribution in [1.82, 2.24) is 0 Å². The molecular formula is C17H28O6. The molecule has 0 radical (unpaired) electrons. The van der Waals surface area contributed by atoms with Gasteiger partial charge in [0.25, 0.3) is 0 Å². The van der Waals surface area contributed by atoms with Gasteiger partial charge in [0.05, 0.1) is 18.3 Å². The van der Waals surface area contributed by atoms with Gasteiger partial charge < -0.3 is 14.6 Å². The number of carboxylic acid groups (broad SMARTS) is 1. The van der Waals surface area contributed by atoms with Crippen molar-refractivity contribution in [3.8, 4) is 0 Å². The van der Waals surface area contributed by atoms with E-state index in [1.54, 1.807) is 0 Å². The SMILES string of the molecule is CC(C)(C)C[C@@]1(C(=O)OCCOC(=O)CCC(=O)O)CC1(C)C. The molecule has 6 heteroatoms. The minimum atomic E-state index is -1.05. The van der Waals surface area contributed by atoms with E-state index in [0.717, 1.165) is 12.8 Å². The van der Waals surface area contributed by atoms with Crippen LogP contribution in [0.3, 0.4) is 0 Å². The molecular weight excluding hydrogens is 300 g/mol. The van der Waals surface area contributed by atoms with E-state index in [1.165, 1.54) is 0 Å². The van der Waals surface area contributed by atoms with Crippen molar-refractivity contribution in [3.63, 3.8) is 0 Å². The van der Waals surface area contributed by atoms with Gasteiger partial charge in [0, 0.05) is 0 Å². The average molecular weight is 328 g/mol. The van der Waals surface area contributed by atoms with Crippen LogP contribution in [0.25, 0.3) is 0 Å². The molecule has 6 nitrogen and oxygen atoms in total. The topological polar surface area (TPSA) is 89.9 Å². The van der Waals surface area contributed by atoms with Gasteiger partial charge in [0.2, 0.25) is 0 Å². The summed E-state index contributed by atoms with van der Waals surface area (Å²) < 4.78 is 10.1. The Balaban J connectivity index is 2.38. The lowest BCUT2D eigenvalue weighted by Crippen LogP contribution is -2.29. The highest BCUT2D eigenvalue weighted by atomic mass is 16.6. The van der Waals surface area contributed by atoms with E-state index < -0.39 is 17.4 Å². The Morgan fingerprint density at radius 1 is 1.04 bits per heavy atom. The summed E-state index contributed by atoms with van der Waals surface area (Å²) in [6, 6.07) is 0. The molecule has 23 heavy (non-hydrogen) atoms. The Labute approximate surface area is 137 Å². The molecule has 132 valence electrons. The van der Waals surface area contributed by atoms with Crippen molar-refractivity contribution < 1.29 is 29.0 Å². The maximum Gasteiger partial charge on any atom is 0.312 e. The third-order valence-corrected chi connectivity index (χ3v) is 4.26. The molecule has 0 aromatic heterocycles. The first-order chi connectivity index (χ1) is 10.4. The van der Waals surface area contributed by atoms with E-state index in [-0.39, 0.29) is 42.9 Å². The molecule has 0 aliphatic heterocycles. The maximum absolute atomic E-state index is 12.4. The third-order valence-electron chi connectivity index (χ3n) is 4.26. The fourth-order valence-electron chi connectivity index (χ4n) is 3.05. The fourth-order valence-corrected chi connectivity index (χ4v) is 3.05. The molecule has 0 spiro atoms. The first-order valence-electron chi connectivity index (χ1n) is 7.94. The van der Waals surface area contributed by atoms with Gasteiger partial charge >= 0.3 is 17.9 Å². The van der Waals surface area contributed by atoms with Crippen molar-refractivity contribution in [1.29, 1.82) is 0 Å². The molecule has 0 aromatic carbocycles. The average Bonchev–Trinajstić information content (AvgIpc) is 2.92. The number of ether oxygens (including phenoxy) is 2. The standard InChI is InChI=1S/C17H28O6/c1-15(2,3)10-17(11-16(17,4)5)14(21)23-9-8-22-13(20)7-6-12(18)19/h6-11H2,1-5H3,(H,18,19)/t17-/m0/s1. The van der Waals surface area contributed by atoms with Crippen LogP contribution in [0.1, 0.15) is 60.3 Å². The minimum Gasteiger partial charge on any atom is -0.481 e. The first kappa shape index (κ1) is 19.5. The number of carbonyl (C=O) groups is 3. The number of hydrogen-bond acceptors (Lipinski definition) is 5. The predicted molar refractivity (Wildman–Crippen MR) is 83.7 cm³/mol. The lowest BCUT2D eigenvalue weighted by Gasteiger charge is -2.27. The maximum atomic E-state index is 12.4. The molecule has 0 aromatic rings. The van der Waals surface area contributed by atoms with Gasteiger partial charge in [0.1, 0.15) is 13.2 Å². The van der Waals surface area contributed by atoms with Crippen LogP contribution in [0.15, 0.2) is 0 Å². The van der Waals surface area contributed by atoms with Crippen LogP contribution < -0.4 is 0 Å². The monoisotopic (exact) mass is 328 g/mol. The number of aliphatic carboxylic acids is 1. The highest BCUT2D eigenvalue weighted by Crippen LogP contribution is 2.68. The van der Waals surface area contributed by atoms with Crippen LogP contribution in [0.5, 0.6) is 0 Å². The summed E-state index contributed by atoms with van der Waals surface area (Å²) in [5.74, 6) is -1.88. The molecule has 1 N–H and O–H groups in total. The smallest absolute Gasteiger partial charge is 0.312 e. The van der Waals surface area contributed by atoms with Crippen LogP contribution in [-0.2, 0) is 23.9 Å². The lowest BCUT2D eigenvalue weighted by molar-refractivity contribution is -0.158. The van der Waals surface area contributed by atoms with Crippen molar-refractivity contribution in [2.75, 3.05) is 13.2 Å². The number of esters is 2. The summed E-state index contributed by atoms with van der Waals surface area (Å²) >= 11 is 0. The van der Waals surface area contributed by atoms with Gasteiger partial charge in [-0.1, -0.05) is 34.6 Å². The Bertz CT molecular complexity index is 474. The summed E-state index contributed by atoms with van der Waals surface area (Å²) in [5.41, 5.74) is -0.510. The number of carbonyl (C=O) groups excluding carboxylic acids is 2. The minimum absolute atomic E-state index is 0.000379. The summed E-state index contributed by atoms with van der Waals surface area (Å²) in [6.45, 7) is 10.4. The summed E-state index contributed by atoms with van der Waals surface area (Å²) in [6.07, 6.45) is 1.12. The molecule has 0 unspecified atom stereocenters. The largest absolute Gasteiger partial charge is 0.481 e. The Morgan fingerprint density at radius 3 is 2.00 bits per heavy atom. The van der Waals surface area contributed by atoms with Gasteiger partial charge in [-0.05, 0) is 23.7 Å². The van der Waals surface area contributed by atoms with Crippen LogP contribution in [-0.4, -0.2) is 36.2 Å². The molecule has 0 bridgehead atoms. The molecule has 0 amide bonds. The van der Waals surface area contributed by atoms with Gasteiger partial charge in [0.15, 0.2) is 0 Å². The van der Waals surface area contributed by atoms with Gasteiger partial charge in [-0.2, -0.15) is 0 Å². The zero-order valence-electron chi connectivity index (χ0n) is 14.7. The van der Waals surface area contributed by atoms with Gasteiger partial charge in [-0.15, -0.1) is 0 Å². The summed E-state index contributed by atoms with van der Waals surface area (Å²) in [7, 11) is 0. The van der Waals surface area contributed by atoms with Crippen LogP contribution >= 0.6 is 0 Å². The Kier molecular flexibility index (Phi) is 5.83. The third kappa shape index (κ3) is 5.52. The number of rotatable bonds is 8.